The van der Waals surface area contributed by atoms with Gasteiger partial charge >= 0.3 is 0 Å². The van der Waals surface area contributed by atoms with E-state index < -0.39 is 0 Å². The molecule has 0 atom stereocenters. The Balaban J connectivity index is 1.63. The number of nitrogens with one attached hydrogen (secondary N) is 1. The second-order valence-corrected chi connectivity index (χ2v) is 5.88. The first kappa shape index (κ1) is 14.0. The van der Waals surface area contributed by atoms with Crippen LogP contribution in [-0.4, -0.2) is 49.0 Å². The zero-order valence-corrected chi connectivity index (χ0v) is 12.8. The van der Waals surface area contributed by atoms with Crippen molar-refractivity contribution < 1.29 is 4.79 Å². The summed E-state index contributed by atoms with van der Waals surface area (Å²) in [5, 5.41) is 4.60. The highest BCUT2D eigenvalue weighted by Crippen LogP contribution is 2.19. The van der Waals surface area contributed by atoms with E-state index in [1.165, 1.54) is 17.0 Å². The number of hydrogen-bond donors (Lipinski definition) is 1. The van der Waals surface area contributed by atoms with Crippen molar-refractivity contribution in [1.29, 1.82) is 0 Å². The summed E-state index contributed by atoms with van der Waals surface area (Å²) in [6, 6.07) is 8.00. The summed E-state index contributed by atoms with van der Waals surface area (Å²) in [6.45, 7) is 4.26. The van der Waals surface area contributed by atoms with Gasteiger partial charge in [-0.25, -0.2) is 4.98 Å². The Bertz CT molecular complexity index is 589. The van der Waals surface area contributed by atoms with Gasteiger partial charge in [-0.15, -0.1) is 11.3 Å². The molecule has 0 spiro atoms. The van der Waals surface area contributed by atoms with Crippen LogP contribution in [0.2, 0.25) is 0 Å². The first-order valence-corrected chi connectivity index (χ1v) is 7.90. The molecule has 1 fully saturated rings. The average Bonchev–Trinajstić information content (AvgIpc) is 3.03. The van der Waals surface area contributed by atoms with E-state index in [-0.39, 0.29) is 5.91 Å². The fraction of sp³-hybridized carbons (Fsp3) is 0.333. The quantitative estimate of drug-likeness (QED) is 0.944. The summed E-state index contributed by atoms with van der Waals surface area (Å²) in [5.41, 5.74) is 4.12. The van der Waals surface area contributed by atoms with Crippen LogP contribution in [0.4, 0.5) is 11.4 Å². The molecule has 1 amide bonds. The maximum Gasteiger partial charge on any atom is 0.275 e. The number of hydrogen-bond acceptors (Lipinski definition) is 5. The fourth-order valence-corrected chi connectivity index (χ4v) is 2.87. The lowest BCUT2D eigenvalue weighted by Crippen LogP contribution is -2.44. The Hall–Kier alpha value is -1.92. The Labute approximate surface area is 128 Å². The van der Waals surface area contributed by atoms with Crippen LogP contribution in [0.5, 0.6) is 0 Å². The number of likely N-dealkylation sites (N-methyl/N-ethyl adjacent to an activating group) is 1. The van der Waals surface area contributed by atoms with Crippen LogP contribution in [-0.2, 0) is 0 Å². The topological polar surface area (TPSA) is 48.5 Å². The summed E-state index contributed by atoms with van der Waals surface area (Å²) in [5.74, 6) is -0.163. The number of aromatic nitrogens is 1. The first-order chi connectivity index (χ1) is 10.2. The minimum atomic E-state index is -0.163. The number of rotatable bonds is 3. The molecular weight excluding hydrogens is 284 g/mol. The van der Waals surface area contributed by atoms with E-state index in [0.29, 0.717) is 5.69 Å². The van der Waals surface area contributed by atoms with Gasteiger partial charge in [-0.3, -0.25) is 4.79 Å². The number of benzene rings is 1. The molecule has 1 aliphatic heterocycles. The molecule has 0 bridgehead atoms. The normalized spacial score (nSPS) is 16.0. The van der Waals surface area contributed by atoms with Gasteiger partial charge in [-0.1, -0.05) is 0 Å². The number of thiazole rings is 1. The summed E-state index contributed by atoms with van der Waals surface area (Å²) in [6.07, 6.45) is 0. The van der Waals surface area contributed by atoms with Crippen LogP contribution in [0.3, 0.4) is 0 Å². The van der Waals surface area contributed by atoms with Crippen molar-refractivity contribution in [2.75, 3.05) is 43.4 Å². The molecule has 110 valence electrons. The van der Waals surface area contributed by atoms with Gasteiger partial charge in [0.1, 0.15) is 5.69 Å². The van der Waals surface area contributed by atoms with E-state index in [4.69, 9.17) is 0 Å². The average molecular weight is 302 g/mol. The molecule has 5 nitrogen and oxygen atoms in total. The van der Waals surface area contributed by atoms with E-state index in [9.17, 15) is 4.79 Å². The molecule has 2 heterocycles. The highest BCUT2D eigenvalue weighted by molar-refractivity contribution is 7.07. The number of amides is 1. The fourth-order valence-electron chi connectivity index (χ4n) is 2.34. The van der Waals surface area contributed by atoms with Gasteiger partial charge in [0.15, 0.2) is 0 Å². The highest BCUT2D eigenvalue weighted by Gasteiger charge is 2.14. The van der Waals surface area contributed by atoms with Gasteiger partial charge in [0.25, 0.3) is 5.91 Å². The lowest BCUT2D eigenvalue weighted by molar-refractivity contribution is 0.102. The van der Waals surface area contributed by atoms with E-state index >= 15 is 0 Å². The lowest BCUT2D eigenvalue weighted by Gasteiger charge is -2.34. The molecule has 2 aromatic rings. The van der Waals surface area contributed by atoms with Gasteiger partial charge < -0.3 is 15.1 Å². The third-order valence-corrected chi connectivity index (χ3v) is 4.25. The van der Waals surface area contributed by atoms with E-state index in [1.54, 1.807) is 10.9 Å². The van der Waals surface area contributed by atoms with Gasteiger partial charge in [-0.2, -0.15) is 0 Å². The van der Waals surface area contributed by atoms with Crippen LogP contribution >= 0.6 is 11.3 Å². The maximum absolute atomic E-state index is 11.9. The second-order valence-electron chi connectivity index (χ2n) is 5.17. The molecule has 0 unspecified atom stereocenters. The molecule has 1 saturated heterocycles. The first-order valence-electron chi connectivity index (χ1n) is 6.95. The van der Waals surface area contributed by atoms with Crippen molar-refractivity contribution in [3.63, 3.8) is 0 Å². The number of carbonyl (C=O) groups excluding carboxylic acids is 1. The van der Waals surface area contributed by atoms with Gasteiger partial charge in [-0.05, 0) is 31.3 Å². The standard InChI is InChI=1S/C15H18N4OS/c1-18-6-8-19(9-7-18)13-4-2-12(3-5-13)17-15(20)14-10-21-11-16-14/h2-5,10-11H,6-9H2,1H3,(H,17,20). The van der Waals surface area contributed by atoms with Crippen molar-refractivity contribution in [3.8, 4) is 0 Å². The number of nitrogens with zero attached hydrogens (tertiary/aromatic N) is 3. The van der Waals surface area contributed by atoms with E-state index in [1.807, 2.05) is 12.1 Å². The van der Waals surface area contributed by atoms with Crippen LogP contribution in [0, 0.1) is 0 Å². The maximum atomic E-state index is 11.9. The SMILES string of the molecule is CN1CCN(c2ccc(NC(=O)c3cscn3)cc2)CC1. The minimum absolute atomic E-state index is 0.163. The van der Waals surface area contributed by atoms with Crippen molar-refractivity contribution >= 4 is 28.6 Å². The van der Waals surface area contributed by atoms with Gasteiger partial charge in [0.05, 0.1) is 5.51 Å². The van der Waals surface area contributed by atoms with Crippen LogP contribution in [0.25, 0.3) is 0 Å². The molecule has 0 radical (unpaired) electrons. The predicted octanol–water partition coefficient (Wildman–Crippen LogP) is 2.15. The monoisotopic (exact) mass is 302 g/mol. The number of piperazine rings is 1. The van der Waals surface area contributed by atoms with Crippen LogP contribution < -0.4 is 10.2 Å². The molecule has 1 N–H and O–H groups in total. The van der Waals surface area contributed by atoms with E-state index in [2.05, 4.69) is 39.3 Å². The summed E-state index contributed by atoms with van der Waals surface area (Å²) < 4.78 is 0. The number of anilines is 2. The zero-order chi connectivity index (χ0) is 14.7. The summed E-state index contributed by atoms with van der Waals surface area (Å²) in [4.78, 5) is 20.6. The third-order valence-electron chi connectivity index (χ3n) is 3.66. The van der Waals surface area contributed by atoms with Gasteiger partial charge in [0.2, 0.25) is 0 Å². The molecule has 3 rings (SSSR count). The van der Waals surface area contributed by atoms with E-state index in [0.717, 1.165) is 31.9 Å². The Morgan fingerprint density at radius 2 is 1.90 bits per heavy atom. The largest absolute Gasteiger partial charge is 0.369 e. The van der Waals surface area contributed by atoms with Crippen molar-refractivity contribution in [1.82, 2.24) is 9.88 Å². The lowest BCUT2D eigenvalue weighted by atomic mass is 10.2. The van der Waals surface area contributed by atoms with Crippen molar-refractivity contribution in [2.24, 2.45) is 0 Å². The predicted molar refractivity (Wildman–Crippen MR) is 86.2 cm³/mol. The Kier molecular flexibility index (Phi) is 4.17. The Morgan fingerprint density at radius 3 is 2.52 bits per heavy atom. The second kappa shape index (κ2) is 6.24. The van der Waals surface area contributed by atoms with Crippen molar-refractivity contribution in [2.45, 2.75) is 0 Å². The van der Waals surface area contributed by atoms with Gasteiger partial charge in [0, 0.05) is 42.9 Å². The highest BCUT2D eigenvalue weighted by atomic mass is 32.1. The van der Waals surface area contributed by atoms with Crippen LogP contribution in [0.1, 0.15) is 10.5 Å². The number of carbonyl (C=O) groups is 1. The molecule has 6 heteroatoms. The van der Waals surface area contributed by atoms with Crippen molar-refractivity contribution in [3.05, 3.63) is 40.8 Å². The molecular formula is C15H18N4OS. The molecule has 1 aromatic heterocycles. The molecule has 1 aliphatic rings. The minimum Gasteiger partial charge on any atom is -0.369 e. The molecule has 0 aliphatic carbocycles. The summed E-state index contributed by atoms with van der Waals surface area (Å²) >= 11 is 1.42. The zero-order valence-electron chi connectivity index (χ0n) is 12.0. The van der Waals surface area contributed by atoms with Crippen LogP contribution in [0.15, 0.2) is 35.2 Å². The smallest absolute Gasteiger partial charge is 0.275 e. The third kappa shape index (κ3) is 3.40. The Morgan fingerprint density at radius 1 is 1.19 bits per heavy atom. The summed E-state index contributed by atoms with van der Waals surface area (Å²) in [7, 11) is 2.15. The molecule has 1 aromatic carbocycles. The molecule has 0 saturated carbocycles. The molecule has 21 heavy (non-hydrogen) atoms.